The Bertz CT molecular complexity index is 888. The van der Waals surface area contributed by atoms with E-state index < -0.39 is 0 Å². The van der Waals surface area contributed by atoms with Gasteiger partial charge in [-0.3, -0.25) is 4.79 Å². The molecule has 0 bridgehead atoms. The lowest BCUT2D eigenvalue weighted by Crippen LogP contribution is -2.48. The van der Waals surface area contributed by atoms with E-state index in [2.05, 4.69) is 66.7 Å². The molecule has 3 N–H and O–H groups in total. The Morgan fingerprint density at radius 3 is 2.52 bits per heavy atom. The fourth-order valence-electron chi connectivity index (χ4n) is 4.23. The van der Waals surface area contributed by atoms with E-state index in [9.17, 15) is 4.79 Å². The molecule has 0 saturated carbocycles. The number of fused-ring (bicyclic) bond motifs is 1. The summed E-state index contributed by atoms with van der Waals surface area (Å²) in [4.78, 5) is 17.3. The van der Waals surface area contributed by atoms with Crippen LogP contribution >= 0.6 is 0 Å². The molecular formula is C23H31N5O. The smallest absolute Gasteiger partial charge is 0.255 e. The molecule has 3 aliphatic heterocycles. The Kier molecular flexibility index (Phi) is 5.37. The van der Waals surface area contributed by atoms with Crippen LogP contribution in [0.2, 0.25) is 0 Å². The minimum absolute atomic E-state index is 0.0129. The monoisotopic (exact) mass is 393 g/mol. The van der Waals surface area contributed by atoms with Crippen LogP contribution in [0.4, 0.5) is 0 Å². The molecule has 1 aromatic carbocycles. The van der Waals surface area contributed by atoms with Crippen LogP contribution in [0.5, 0.6) is 0 Å². The van der Waals surface area contributed by atoms with Crippen molar-refractivity contribution in [3.8, 4) is 0 Å². The second-order valence-electron chi connectivity index (χ2n) is 8.11. The highest BCUT2D eigenvalue weighted by Gasteiger charge is 2.34. The maximum absolute atomic E-state index is 13.2. The Morgan fingerprint density at radius 2 is 1.83 bits per heavy atom. The summed E-state index contributed by atoms with van der Waals surface area (Å²) in [5, 5.41) is 10.5. The summed E-state index contributed by atoms with van der Waals surface area (Å²) >= 11 is 0. The minimum Gasteiger partial charge on any atom is -0.381 e. The lowest BCUT2D eigenvalue weighted by Gasteiger charge is -2.34. The Balaban J connectivity index is 1.60. The zero-order valence-corrected chi connectivity index (χ0v) is 17.8. The van der Waals surface area contributed by atoms with Gasteiger partial charge in [-0.25, -0.2) is 0 Å². The number of amides is 1. The molecule has 0 spiro atoms. The Labute approximate surface area is 173 Å². The maximum atomic E-state index is 13.2. The molecule has 3 aliphatic rings. The highest BCUT2D eigenvalue weighted by atomic mass is 16.2. The first-order valence-electron chi connectivity index (χ1n) is 10.4. The van der Waals surface area contributed by atoms with Gasteiger partial charge >= 0.3 is 0 Å². The van der Waals surface area contributed by atoms with Crippen molar-refractivity contribution >= 4 is 5.91 Å². The largest absolute Gasteiger partial charge is 0.381 e. The first-order valence-corrected chi connectivity index (χ1v) is 10.4. The van der Waals surface area contributed by atoms with Crippen molar-refractivity contribution < 1.29 is 4.79 Å². The topological polar surface area (TPSA) is 59.6 Å². The average Bonchev–Trinajstić information content (AvgIpc) is 3.02. The van der Waals surface area contributed by atoms with Crippen LogP contribution in [0.1, 0.15) is 30.5 Å². The van der Waals surface area contributed by atoms with Gasteiger partial charge in [0.25, 0.3) is 5.91 Å². The average molecular weight is 394 g/mol. The van der Waals surface area contributed by atoms with Crippen LogP contribution in [0, 0.1) is 13.8 Å². The molecule has 6 nitrogen and oxygen atoms in total. The van der Waals surface area contributed by atoms with Gasteiger partial charge in [-0.05, 0) is 50.5 Å². The number of nitrogens with one attached hydrogen (secondary N) is 3. The minimum atomic E-state index is 0.0129. The van der Waals surface area contributed by atoms with Gasteiger partial charge in [0.05, 0.1) is 11.3 Å². The van der Waals surface area contributed by atoms with Crippen molar-refractivity contribution in [2.24, 2.45) is 0 Å². The predicted molar refractivity (Wildman–Crippen MR) is 116 cm³/mol. The van der Waals surface area contributed by atoms with Gasteiger partial charge in [-0.2, -0.15) is 0 Å². The molecule has 1 unspecified atom stereocenters. The maximum Gasteiger partial charge on any atom is 0.255 e. The number of aryl methyl sites for hydroxylation is 2. The van der Waals surface area contributed by atoms with E-state index in [0.717, 1.165) is 55.4 Å². The highest BCUT2D eigenvalue weighted by molar-refractivity contribution is 5.96. The fourth-order valence-corrected chi connectivity index (χ4v) is 4.23. The summed E-state index contributed by atoms with van der Waals surface area (Å²) in [6.07, 6.45) is 4.04. The zero-order valence-electron chi connectivity index (χ0n) is 17.8. The van der Waals surface area contributed by atoms with E-state index in [1.165, 1.54) is 16.7 Å². The first kappa shape index (κ1) is 19.6. The van der Waals surface area contributed by atoms with Gasteiger partial charge in [-0.1, -0.05) is 18.2 Å². The summed E-state index contributed by atoms with van der Waals surface area (Å²) in [6, 6.07) is 6.39. The zero-order chi connectivity index (χ0) is 20.5. The van der Waals surface area contributed by atoms with Crippen LogP contribution in [-0.4, -0.2) is 48.1 Å². The van der Waals surface area contributed by atoms with E-state index in [4.69, 9.17) is 0 Å². The Morgan fingerprint density at radius 1 is 1.14 bits per heavy atom. The molecule has 3 heterocycles. The third-order valence-electron chi connectivity index (χ3n) is 6.21. The number of carbonyl (C=O) groups is 1. The number of hydrogen-bond acceptors (Lipinski definition) is 5. The third kappa shape index (κ3) is 3.77. The number of hydrogen-bond donors (Lipinski definition) is 3. The normalized spacial score (nSPS) is 21.4. The van der Waals surface area contributed by atoms with E-state index in [1.54, 1.807) is 0 Å². The van der Waals surface area contributed by atoms with Crippen molar-refractivity contribution in [2.75, 3.05) is 26.2 Å². The first-order chi connectivity index (χ1) is 14.0. The van der Waals surface area contributed by atoms with Crippen molar-refractivity contribution in [2.45, 2.75) is 40.4 Å². The van der Waals surface area contributed by atoms with Crippen LogP contribution in [0.15, 0.2) is 53.1 Å². The molecule has 154 valence electrons. The lowest BCUT2D eigenvalue weighted by atomic mass is 10.0. The van der Waals surface area contributed by atoms with E-state index in [1.807, 2.05) is 17.2 Å². The molecule has 1 amide bonds. The molecule has 6 heteroatoms. The molecular weight excluding hydrogens is 362 g/mol. The van der Waals surface area contributed by atoms with E-state index in [-0.39, 0.29) is 12.1 Å². The van der Waals surface area contributed by atoms with Gasteiger partial charge in [0.2, 0.25) is 0 Å². The molecule has 4 rings (SSSR count). The van der Waals surface area contributed by atoms with E-state index >= 15 is 0 Å². The molecule has 0 aliphatic carbocycles. The van der Waals surface area contributed by atoms with Crippen molar-refractivity contribution in [3.63, 3.8) is 0 Å². The van der Waals surface area contributed by atoms with E-state index in [0.29, 0.717) is 0 Å². The molecule has 29 heavy (non-hydrogen) atoms. The number of piperazine rings is 1. The van der Waals surface area contributed by atoms with Gasteiger partial charge in [0.1, 0.15) is 6.17 Å². The number of benzene rings is 1. The molecule has 1 saturated heterocycles. The highest BCUT2D eigenvalue weighted by Crippen LogP contribution is 2.29. The predicted octanol–water partition coefficient (Wildman–Crippen LogP) is 2.09. The molecule has 1 fully saturated rings. The van der Waals surface area contributed by atoms with Gasteiger partial charge < -0.3 is 25.8 Å². The fraction of sp³-hybridized carbons (Fsp3) is 0.435. The number of allylic oxidation sites excluding steroid dienone is 2. The van der Waals surface area contributed by atoms with Crippen LogP contribution < -0.4 is 16.0 Å². The lowest BCUT2D eigenvalue weighted by molar-refractivity contribution is -0.127. The number of carbonyl (C=O) groups excluding carboxylic acids is 1. The van der Waals surface area contributed by atoms with Crippen molar-refractivity contribution in [3.05, 3.63) is 69.8 Å². The van der Waals surface area contributed by atoms with Gasteiger partial charge in [0, 0.05) is 50.3 Å². The van der Waals surface area contributed by atoms with Crippen LogP contribution in [0.3, 0.4) is 0 Å². The molecule has 0 aromatic heterocycles. The van der Waals surface area contributed by atoms with Gasteiger partial charge in [-0.15, -0.1) is 0 Å². The summed E-state index contributed by atoms with van der Waals surface area (Å²) in [5.41, 5.74) is 7.94. The summed E-state index contributed by atoms with van der Waals surface area (Å²) in [7, 11) is 0. The SMILES string of the molecule is CC1=C(C)N2C=C(C(=O)N3CCNCC3)C=C(NCc3c(C)cccc3C)C2N1. The second-order valence-corrected chi connectivity index (χ2v) is 8.11. The Hall–Kier alpha value is -2.73. The standard InChI is InChI=1S/C23H31N5O/c1-15-6-5-7-16(2)20(15)13-25-21-12-19(23(29)27-10-8-24-9-11-27)14-28-18(4)17(3)26-22(21)28/h5-7,12,14,22,24-26H,8-11,13H2,1-4H3. The quantitative estimate of drug-likeness (QED) is 0.731. The molecule has 1 aromatic rings. The van der Waals surface area contributed by atoms with Gasteiger partial charge in [0.15, 0.2) is 0 Å². The van der Waals surface area contributed by atoms with Crippen molar-refractivity contribution in [1.82, 2.24) is 25.8 Å². The summed E-state index contributed by atoms with van der Waals surface area (Å²) in [6.45, 7) is 12.4. The number of nitrogens with zero attached hydrogens (tertiary/aromatic N) is 2. The van der Waals surface area contributed by atoms with Crippen molar-refractivity contribution in [1.29, 1.82) is 0 Å². The molecule has 0 radical (unpaired) electrons. The number of rotatable bonds is 4. The third-order valence-corrected chi connectivity index (χ3v) is 6.21. The van der Waals surface area contributed by atoms with Crippen LogP contribution in [0.25, 0.3) is 0 Å². The second kappa shape index (κ2) is 7.95. The summed E-state index contributed by atoms with van der Waals surface area (Å²) < 4.78 is 0. The molecule has 1 atom stereocenters. The van der Waals surface area contributed by atoms with Crippen LogP contribution in [-0.2, 0) is 11.3 Å². The summed E-state index contributed by atoms with van der Waals surface area (Å²) in [5.74, 6) is 0.105.